The largest absolute Gasteiger partial charge is 0.370 e. The molecule has 0 radical (unpaired) electrons. The lowest BCUT2D eigenvalue weighted by atomic mass is 10.1. The fraction of sp³-hybridized carbons (Fsp3) is 0.500. The minimum Gasteiger partial charge on any atom is -0.370 e. The Balaban J connectivity index is 1.40. The summed E-state index contributed by atoms with van der Waals surface area (Å²) in [5.41, 5.74) is 1.98. The van der Waals surface area contributed by atoms with Crippen LogP contribution in [0.2, 0.25) is 0 Å². The summed E-state index contributed by atoms with van der Waals surface area (Å²) in [4.78, 5) is 18.6. The van der Waals surface area contributed by atoms with Crippen molar-refractivity contribution in [1.29, 1.82) is 0 Å². The Morgan fingerprint density at radius 2 is 2.24 bits per heavy atom. The van der Waals surface area contributed by atoms with Crippen molar-refractivity contribution in [2.75, 3.05) is 25.0 Å². The summed E-state index contributed by atoms with van der Waals surface area (Å²) < 4.78 is 5.34. The van der Waals surface area contributed by atoms with Crippen molar-refractivity contribution in [2.45, 2.75) is 39.2 Å². The Bertz CT molecular complexity index is 698. The smallest absolute Gasteiger partial charge is 0.318 e. The van der Waals surface area contributed by atoms with Gasteiger partial charge in [0, 0.05) is 31.9 Å². The molecule has 7 nitrogen and oxygen atoms in total. The van der Waals surface area contributed by atoms with Gasteiger partial charge in [0.25, 0.3) is 0 Å². The molecule has 0 spiro atoms. The van der Waals surface area contributed by atoms with Crippen LogP contribution >= 0.6 is 0 Å². The normalized spacial score (nSPS) is 16.9. The molecular formula is C18H25N5O2. The van der Waals surface area contributed by atoms with Crippen LogP contribution in [0.4, 0.5) is 10.6 Å². The second-order valence-electron chi connectivity index (χ2n) is 6.46. The summed E-state index contributed by atoms with van der Waals surface area (Å²) in [6.07, 6.45) is 4.57. The van der Waals surface area contributed by atoms with Gasteiger partial charge < -0.3 is 20.1 Å². The molecule has 1 aliphatic rings. The monoisotopic (exact) mass is 343 g/mol. The van der Waals surface area contributed by atoms with E-state index >= 15 is 0 Å². The standard InChI is InChI=1S/C18H25N5O2/c1-13-6-7-17(21-12-13)19-8-4-9-20-18(24)23-10-3-5-15(23)16-11-14(2)22-25-16/h6-7,11-12,15H,3-5,8-10H2,1-2H3,(H,19,21)(H,20,24)/t15-/m1/s1. The van der Waals surface area contributed by atoms with Crippen LogP contribution in [-0.4, -0.2) is 40.7 Å². The average molecular weight is 343 g/mol. The molecule has 0 unspecified atom stereocenters. The van der Waals surface area contributed by atoms with E-state index in [0.717, 1.165) is 55.2 Å². The van der Waals surface area contributed by atoms with Crippen molar-refractivity contribution < 1.29 is 9.32 Å². The summed E-state index contributed by atoms with van der Waals surface area (Å²) in [5, 5.41) is 10.2. The number of aromatic nitrogens is 2. The molecule has 2 N–H and O–H groups in total. The van der Waals surface area contributed by atoms with Crippen LogP contribution in [0.3, 0.4) is 0 Å². The predicted octanol–water partition coefficient (Wildman–Crippen LogP) is 3.04. The van der Waals surface area contributed by atoms with Gasteiger partial charge in [0.2, 0.25) is 0 Å². The summed E-state index contributed by atoms with van der Waals surface area (Å²) in [7, 11) is 0. The zero-order chi connectivity index (χ0) is 17.6. The molecule has 0 bridgehead atoms. The first-order valence-electron chi connectivity index (χ1n) is 8.78. The Labute approximate surface area is 147 Å². The van der Waals surface area contributed by atoms with Crippen molar-refractivity contribution >= 4 is 11.8 Å². The van der Waals surface area contributed by atoms with Gasteiger partial charge in [-0.3, -0.25) is 0 Å². The third kappa shape index (κ3) is 4.49. The highest BCUT2D eigenvalue weighted by Crippen LogP contribution is 2.32. The van der Waals surface area contributed by atoms with Crippen LogP contribution in [0.1, 0.15) is 42.3 Å². The number of amides is 2. The highest BCUT2D eigenvalue weighted by Gasteiger charge is 2.32. The summed E-state index contributed by atoms with van der Waals surface area (Å²) in [6, 6.07) is 5.85. The molecule has 1 aliphatic heterocycles. The molecule has 0 aromatic carbocycles. The van der Waals surface area contributed by atoms with E-state index in [0.29, 0.717) is 6.54 Å². The number of nitrogens with one attached hydrogen (secondary N) is 2. The second-order valence-corrected chi connectivity index (χ2v) is 6.46. The molecule has 1 fully saturated rings. The topological polar surface area (TPSA) is 83.3 Å². The number of nitrogens with zero attached hydrogens (tertiary/aromatic N) is 3. The maximum Gasteiger partial charge on any atom is 0.318 e. The van der Waals surface area contributed by atoms with Gasteiger partial charge in [-0.25, -0.2) is 9.78 Å². The molecule has 3 heterocycles. The fourth-order valence-corrected chi connectivity index (χ4v) is 3.02. The Hall–Kier alpha value is -2.57. The third-order valence-electron chi connectivity index (χ3n) is 4.34. The average Bonchev–Trinajstić information content (AvgIpc) is 3.24. The first-order valence-corrected chi connectivity index (χ1v) is 8.78. The van der Waals surface area contributed by atoms with Gasteiger partial charge >= 0.3 is 6.03 Å². The van der Waals surface area contributed by atoms with E-state index in [1.165, 1.54) is 0 Å². The number of hydrogen-bond donors (Lipinski definition) is 2. The van der Waals surface area contributed by atoms with Gasteiger partial charge in [-0.1, -0.05) is 11.2 Å². The minimum atomic E-state index is -0.0370. The number of aryl methyl sites for hydroxylation is 2. The molecular weight excluding hydrogens is 318 g/mol. The highest BCUT2D eigenvalue weighted by molar-refractivity contribution is 5.75. The molecule has 2 amide bonds. The SMILES string of the molecule is Cc1ccc(NCCCNC(=O)N2CCC[C@@H]2c2cc(C)no2)nc1. The van der Waals surface area contributed by atoms with Crippen LogP contribution in [0, 0.1) is 13.8 Å². The zero-order valence-electron chi connectivity index (χ0n) is 14.8. The first-order chi connectivity index (χ1) is 12.1. The quantitative estimate of drug-likeness (QED) is 0.788. The van der Waals surface area contributed by atoms with E-state index in [-0.39, 0.29) is 12.1 Å². The summed E-state index contributed by atoms with van der Waals surface area (Å²) in [5.74, 6) is 1.63. The molecule has 3 rings (SSSR count). The third-order valence-corrected chi connectivity index (χ3v) is 4.34. The van der Waals surface area contributed by atoms with Gasteiger partial charge in [-0.05, 0) is 44.7 Å². The Morgan fingerprint density at radius 3 is 2.96 bits per heavy atom. The number of pyridine rings is 1. The number of anilines is 1. The minimum absolute atomic E-state index is 0.00363. The van der Waals surface area contributed by atoms with Gasteiger partial charge in [0.15, 0.2) is 5.76 Å². The van der Waals surface area contributed by atoms with Crippen molar-refractivity contribution in [2.24, 2.45) is 0 Å². The number of hydrogen-bond acceptors (Lipinski definition) is 5. The molecule has 2 aromatic heterocycles. The van der Waals surface area contributed by atoms with Crippen LogP contribution in [0.25, 0.3) is 0 Å². The number of carbonyl (C=O) groups is 1. The van der Waals surface area contributed by atoms with E-state index in [1.807, 2.05) is 43.1 Å². The van der Waals surface area contributed by atoms with Crippen LogP contribution < -0.4 is 10.6 Å². The van der Waals surface area contributed by atoms with E-state index in [4.69, 9.17) is 4.52 Å². The molecule has 2 aromatic rings. The van der Waals surface area contributed by atoms with Crippen LogP contribution in [-0.2, 0) is 0 Å². The van der Waals surface area contributed by atoms with Gasteiger partial charge in [0.1, 0.15) is 5.82 Å². The molecule has 1 atom stereocenters. The molecule has 7 heteroatoms. The Kier molecular flexibility index (Phi) is 5.53. The molecule has 134 valence electrons. The molecule has 1 saturated heterocycles. The lowest BCUT2D eigenvalue weighted by Gasteiger charge is -2.23. The van der Waals surface area contributed by atoms with Crippen molar-refractivity contribution in [3.8, 4) is 0 Å². The van der Waals surface area contributed by atoms with E-state index < -0.39 is 0 Å². The van der Waals surface area contributed by atoms with Crippen molar-refractivity contribution in [3.63, 3.8) is 0 Å². The van der Waals surface area contributed by atoms with Crippen molar-refractivity contribution in [1.82, 2.24) is 20.4 Å². The molecule has 0 saturated carbocycles. The summed E-state index contributed by atoms with van der Waals surface area (Å²) >= 11 is 0. The maximum absolute atomic E-state index is 12.4. The predicted molar refractivity (Wildman–Crippen MR) is 95.4 cm³/mol. The Morgan fingerprint density at radius 1 is 1.36 bits per heavy atom. The maximum atomic E-state index is 12.4. The fourth-order valence-electron chi connectivity index (χ4n) is 3.02. The summed E-state index contributed by atoms with van der Waals surface area (Å²) in [6.45, 7) is 6.04. The van der Waals surface area contributed by atoms with Crippen LogP contribution in [0.15, 0.2) is 28.9 Å². The lowest BCUT2D eigenvalue weighted by molar-refractivity contribution is 0.182. The highest BCUT2D eigenvalue weighted by atomic mass is 16.5. The van der Waals surface area contributed by atoms with Gasteiger partial charge in [-0.2, -0.15) is 0 Å². The van der Waals surface area contributed by atoms with E-state index in [9.17, 15) is 4.79 Å². The van der Waals surface area contributed by atoms with Gasteiger partial charge in [-0.15, -0.1) is 0 Å². The number of urea groups is 1. The van der Waals surface area contributed by atoms with E-state index in [1.54, 1.807) is 0 Å². The second kappa shape index (κ2) is 8.00. The first kappa shape index (κ1) is 17.3. The molecule has 0 aliphatic carbocycles. The van der Waals surface area contributed by atoms with E-state index in [2.05, 4.69) is 20.8 Å². The number of carbonyl (C=O) groups excluding carboxylic acids is 1. The molecule has 25 heavy (non-hydrogen) atoms. The van der Waals surface area contributed by atoms with Crippen LogP contribution in [0.5, 0.6) is 0 Å². The lowest BCUT2D eigenvalue weighted by Crippen LogP contribution is -2.40. The van der Waals surface area contributed by atoms with Crippen molar-refractivity contribution in [3.05, 3.63) is 41.4 Å². The number of rotatable bonds is 6. The number of likely N-dealkylation sites (tertiary alicyclic amines) is 1. The zero-order valence-corrected chi connectivity index (χ0v) is 14.8. The van der Waals surface area contributed by atoms with Gasteiger partial charge in [0.05, 0.1) is 11.7 Å².